The third kappa shape index (κ3) is 3.89. The minimum atomic E-state index is -0.305. The number of thioether (sulfide) groups is 1. The van der Waals surface area contributed by atoms with Crippen molar-refractivity contribution in [2.45, 2.75) is 48.3 Å². The van der Waals surface area contributed by atoms with Crippen LogP contribution in [0, 0.1) is 11.3 Å². The molecule has 0 heterocycles. The fourth-order valence-electron chi connectivity index (χ4n) is 2.47. The Hall–Kier alpha value is -0.690. The zero-order valence-corrected chi connectivity index (χ0v) is 12.7. The number of hydrogen-bond acceptors (Lipinski definition) is 3. The lowest BCUT2D eigenvalue weighted by molar-refractivity contribution is 0.424. The van der Waals surface area contributed by atoms with E-state index in [1.165, 1.54) is 4.90 Å². The van der Waals surface area contributed by atoms with Crippen LogP contribution >= 0.6 is 23.4 Å². The van der Waals surface area contributed by atoms with Crippen LogP contribution in [0.15, 0.2) is 29.2 Å². The molecule has 0 radical (unpaired) electrons. The van der Waals surface area contributed by atoms with Crippen LogP contribution in [0.1, 0.15) is 32.6 Å². The van der Waals surface area contributed by atoms with Crippen LogP contribution in [0.4, 0.5) is 0 Å². The molecule has 2 nitrogen and oxygen atoms in total. The summed E-state index contributed by atoms with van der Waals surface area (Å²) in [5.41, 5.74) is -0.305. The van der Waals surface area contributed by atoms with Crippen molar-refractivity contribution in [1.82, 2.24) is 5.32 Å². The molecule has 2 atom stereocenters. The first-order chi connectivity index (χ1) is 9.17. The molecule has 1 aliphatic rings. The summed E-state index contributed by atoms with van der Waals surface area (Å²) >= 11 is 7.75. The van der Waals surface area contributed by atoms with Crippen molar-refractivity contribution < 1.29 is 0 Å². The van der Waals surface area contributed by atoms with Gasteiger partial charge < -0.3 is 0 Å². The van der Waals surface area contributed by atoms with Gasteiger partial charge in [0.15, 0.2) is 0 Å². The summed E-state index contributed by atoms with van der Waals surface area (Å²) in [7, 11) is 0. The number of benzene rings is 1. The maximum Gasteiger partial charge on any atom is 0.107 e. The monoisotopic (exact) mass is 294 g/mol. The van der Waals surface area contributed by atoms with Gasteiger partial charge >= 0.3 is 0 Å². The molecule has 1 aromatic rings. The van der Waals surface area contributed by atoms with Crippen molar-refractivity contribution in [2.24, 2.45) is 0 Å². The van der Waals surface area contributed by atoms with E-state index in [-0.39, 0.29) is 5.54 Å². The fourth-order valence-corrected chi connectivity index (χ4v) is 3.88. The van der Waals surface area contributed by atoms with E-state index in [0.717, 1.165) is 37.3 Å². The lowest BCUT2D eigenvalue weighted by Crippen LogP contribution is -2.42. The van der Waals surface area contributed by atoms with E-state index in [1.54, 1.807) is 0 Å². The van der Waals surface area contributed by atoms with Gasteiger partial charge in [-0.1, -0.05) is 18.5 Å². The highest BCUT2D eigenvalue weighted by atomic mass is 35.5. The molecular formula is C15H19ClN2S. The first-order valence-electron chi connectivity index (χ1n) is 6.76. The average molecular weight is 295 g/mol. The van der Waals surface area contributed by atoms with Crippen LogP contribution in [0.3, 0.4) is 0 Å². The fraction of sp³-hybridized carbons (Fsp3) is 0.533. The minimum Gasteiger partial charge on any atom is -0.299 e. The summed E-state index contributed by atoms with van der Waals surface area (Å²) in [6, 6.07) is 10.4. The Morgan fingerprint density at radius 3 is 2.84 bits per heavy atom. The van der Waals surface area contributed by atoms with E-state index in [4.69, 9.17) is 11.6 Å². The quantitative estimate of drug-likeness (QED) is 0.882. The second kappa shape index (κ2) is 6.65. The molecule has 19 heavy (non-hydrogen) atoms. The number of rotatable bonds is 5. The predicted molar refractivity (Wildman–Crippen MR) is 81.6 cm³/mol. The molecule has 0 aromatic heterocycles. The second-order valence-corrected chi connectivity index (χ2v) is 6.87. The third-order valence-electron chi connectivity index (χ3n) is 3.51. The van der Waals surface area contributed by atoms with Crippen molar-refractivity contribution in [3.05, 3.63) is 29.3 Å². The van der Waals surface area contributed by atoms with Crippen LogP contribution in [0.5, 0.6) is 0 Å². The Bertz CT molecular complexity index is 454. The number of halogens is 1. The van der Waals surface area contributed by atoms with Crippen LogP contribution in [0.2, 0.25) is 5.02 Å². The molecule has 0 spiro atoms. The van der Waals surface area contributed by atoms with E-state index in [0.29, 0.717) is 5.25 Å². The Morgan fingerprint density at radius 2 is 2.21 bits per heavy atom. The van der Waals surface area contributed by atoms with Gasteiger partial charge in [0.05, 0.1) is 6.07 Å². The Morgan fingerprint density at radius 1 is 1.47 bits per heavy atom. The minimum absolute atomic E-state index is 0.305. The summed E-state index contributed by atoms with van der Waals surface area (Å²) < 4.78 is 0. The van der Waals surface area contributed by atoms with Crippen LogP contribution in [-0.4, -0.2) is 17.3 Å². The molecule has 1 fully saturated rings. The normalized spacial score (nSPS) is 26.3. The summed E-state index contributed by atoms with van der Waals surface area (Å²) in [6.45, 7) is 3.05. The van der Waals surface area contributed by atoms with Crippen LogP contribution in [-0.2, 0) is 0 Å². The Balaban J connectivity index is 1.94. The molecule has 102 valence electrons. The maximum atomic E-state index is 9.42. The molecule has 0 amide bonds. The number of nitrogens with one attached hydrogen (secondary N) is 1. The van der Waals surface area contributed by atoms with Gasteiger partial charge in [-0.3, -0.25) is 5.32 Å². The highest BCUT2D eigenvalue weighted by molar-refractivity contribution is 8.00. The smallest absolute Gasteiger partial charge is 0.107 e. The standard InChI is InChI=1S/C15H19ClN2S/c1-2-9-18-15(11-17)8-7-14(10-15)19-13-5-3-12(16)4-6-13/h3-6,14,18H,2,7-10H2,1H3. The molecule has 1 N–H and O–H groups in total. The molecule has 0 saturated heterocycles. The first kappa shape index (κ1) is 14.7. The van der Waals surface area contributed by atoms with E-state index in [9.17, 15) is 5.26 Å². The lowest BCUT2D eigenvalue weighted by Gasteiger charge is -2.22. The first-order valence-corrected chi connectivity index (χ1v) is 8.02. The van der Waals surface area contributed by atoms with E-state index >= 15 is 0 Å². The summed E-state index contributed by atoms with van der Waals surface area (Å²) in [5.74, 6) is 0. The van der Waals surface area contributed by atoms with E-state index in [1.807, 2.05) is 23.9 Å². The van der Waals surface area contributed by atoms with Crippen LogP contribution < -0.4 is 5.32 Å². The molecule has 1 saturated carbocycles. The highest BCUT2D eigenvalue weighted by Gasteiger charge is 2.39. The SMILES string of the molecule is CCCNC1(C#N)CCC(Sc2ccc(Cl)cc2)C1. The van der Waals surface area contributed by atoms with Crippen molar-refractivity contribution >= 4 is 23.4 Å². The van der Waals surface area contributed by atoms with Gasteiger partial charge in [-0.2, -0.15) is 5.26 Å². The zero-order chi connectivity index (χ0) is 13.7. The van der Waals surface area contributed by atoms with Gasteiger partial charge in [-0.25, -0.2) is 0 Å². The highest BCUT2D eigenvalue weighted by Crippen LogP contribution is 2.40. The number of hydrogen-bond donors (Lipinski definition) is 1. The number of nitrogens with zero attached hydrogens (tertiary/aromatic N) is 1. The maximum absolute atomic E-state index is 9.42. The molecule has 1 aliphatic carbocycles. The largest absolute Gasteiger partial charge is 0.299 e. The van der Waals surface area contributed by atoms with Crippen molar-refractivity contribution in [2.75, 3.05) is 6.54 Å². The average Bonchev–Trinajstić information content (AvgIpc) is 2.83. The van der Waals surface area contributed by atoms with Crippen molar-refractivity contribution in [1.29, 1.82) is 5.26 Å². The van der Waals surface area contributed by atoms with Gasteiger partial charge in [0, 0.05) is 15.2 Å². The number of nitriles is 1. The van der Waals surface area contributed by atoms with Gasteiger partial charge in [0.1, 0.15) is 5.54 Å². The Labute approximate surface area is 124 Å². The van der Waals surface area contributed by atoms with Crippen LogP contribution in [0.25, 0.3) is 0 Å². The summed E-state index contributed by atoms with van der Waals surface area (Å²) in [4.78, 5) is 1.23. The van der Waals surface area contributed by atoms with Gasteiger partial charge in [-0.05, 0) is 56.5 Å². The molecule has 2 rings (SSSR count). The topological polar surface area (TPSA) is 35.8 Å². The predicted octanol–water partition coefficient (Wildman–Crippen LogP) is 4.25. The third-order valence-corrected chi connectivity index (χ3v) is 5.05. The zero-order valence-electron chi connectivity index (χ0n) is 11.2. The Kier molecular flexibility index (Phi) is 5.15. The van der Waals surface area contributed by atoms with Crippen molar-refractivity contribution in [3.63, 3.8) is 0 Å². The molecule has 0 bridgehead atoms. The molecule has 1 aromatic carbocycles. The van der Waals surface area contributed by atoms with Gasteiger partial charge in [0.2, 0.25) is 0 Å². The van der Waals surface area contributed by atoms with Gasteiger partial charge in [0.25, 0.3) is 0 Å². The molecule has 0 aliphatic heterocycles. The van der Waals surface area contributed by atoms with E-state index < -0.39 is 0 Å². The molecular weight excluding hydrogens is 276 g/mol. The van der Waals surface area contributed by atoms with E-state index in [2.05, 4.69) is 30.4 Å². The molecule has 4 heteroatoms. The lowest BCUT2D eigenvalue weighted by atomic mass is 10.00. The summed E-state index contributed by atoms with van der Waals surface area (Å²) in [5, 5.41) is 14.1. The molecule has 2 unspecified atom stereocenters. The van der Waals surface area contributed by atoms with Crippen molar-refractivity contribution in [3.8, 4) is 6.07 Å². The second-order valence-electron chi connectivity index (χ2n) is 5.06. The van der Waals surface area contributed by atoms with Gasteiger partial charge in [-0.15, -0.1) is 11.8 Å². The summed E-state index contributed by atoms with van der Waals surface area (Å²) in [6.07, 6.45) is 4.04.